The maximum absolute atomic E-state index is 10.1. The third-order valence-electron chi connectivity index (χ3n) is 3.82. The summed E-state index contributed by atoms with van der Waals surface area (Å²) < 4.78 is 1.76. The van der Waals surface area contributed by atoms with Crippen molar-refractivity contribution in [3.63, 3.8) is 0 Å². The van der Waals surface area contributed by atoms with Crippen LogP contribution in [0.3, 0.4) is 0 Å². The molecule has 0 radical (unpaired) electrons. The normalized spacial score (nSPS) is 11.0. The Kier molecular flexibility index (Phi) is 4.41. The number of fused-ring (bicyclic) bond motifs is 1. The van der Waals surface area contributed by atoms with Gasteiger partial charge in [0.15, 0.2) is 0 Å². The highest BCUT2D eigenvalue weighted by Crippen LogP contribution is 2.23. The third-order valence-corrected chi connectivity index (χ3v) is 3.82. The van der Waals surface area contributed by atoms with Gasteiger partial charge in [-0.1, -0.05) is 32.0 Å². The lowest BCUT2D eigenvalue weighted by Gasteiger charge is -2.25. The topological polar surface area (TPSA) is 66.5 Å². The van der Waals surface area contributed by atoms with E-state index in [2.05, 4.69) is 39.9 Å². The molecule has 1 N–H and O–H groups in total. The van der Waals surface area contributed by atoms with Crippen molar-refractivity contribution in [3.8, 4) is 5.75 Å². The fourth-order valence-electron chi connectivity index (χ4n) is 2.65. The monoisotopic (exact) mass is 311 g/mol. The zero-order valence-corrected chi connectivity index (χ0v) is 13.5. The van der Waals surface area contributed by atoms with Crippen molar-refractivity contribution >= 4 is 11.6 Å². The van der Waals surface area contributed by atoms with Crippen molar-refractivity contribution in [2.24, 2.45) is 0 Å². The van der Waals surface area contributed by atoms with E-state index in [1.165, 1.54) is 6.33 Å². The van der Waals surface area contributed by atoms with Gasteiger partial charge in [0.05, 0.1) is 0 Å². The lowest BCUT2D eigenvalue weighted by molar-refractivity contribution is 0.467. The number of aromatic hydroxyl groups is 1. The van der Waals surface area contributed by atoms with Gasteiger partial charge >= 0.3 is 0 Å². The maximum Gasteiger partial charge on any atom is 0.254 e. The quantitative estimate of drug-likeness (QED) is 0.758. The van der Waals surface area contributed by atoms with E-state index in [9.17, 15) is 5.11 Å². The van der Waals surface area contributed by atoms with Crippen LogP contribution in [0.4, 0.5) is 5.82 Å². The number of phenols is 1. The molecular formula is C17H21N5O. The molecule has 2 aromatic heterocycles. The zero-order chi connectivity index (χ0) is 16.2. The molecule has 0 aliphatic rings. The summed E-state index contributed by atoms with van der Waals surface area (Å²) in [6.45, 7) is 5.68. The summed E-state index contributed by atoms with van der Waals surface area (Å²) in [6.07, 6.45) is 3.36. The fourth-order valence-corrected chi connectivity index (χ4v) is 2.65. The minimum atomic E-state index is 0.313. The summed E-state index contributed by atoms with van der Waals surface area (Å²) in [5, 5.41) is 14.4. The predicted octanol–water partition coefficient (Wildman–Crippen LogP) is 2.81. The molecule has 6 nitrogen and oxygen atoms in total. The van der Waals surface area contributed by atoms with E-state index in [1.54, 1.807) is 10.6 Å². The van der Waals surface area contributed by atoms with E-state index >= 15 is 0 Å². The van der Waals surface area contributed by atoms with Gasteiger partial charge in [0, 0.05) is 30.4 Å². The number of nitrogens with zero attached hydrogens (tertiary/aromatic N) is 5. The summed E-state index contributed by atoms with van der Waals surface area (Å²) in [5.74, 6) is 1.88. The second kappa shape index (κ2) is 6.64. The number of anilines is 1. The Bertz CT molecular complexity index is 799. The van der Waals surface area contributed by atoms with Crippen LogP contribution >= 0.6 is 0 Å². The van der Waals surface area contributed by atoms with Crippen LogP contribution in [0.15, 0.2) is 36.7 Å². The number of hydrogen-bond donors (Lipinski definition) is 1. The SMILES string of the molecule is CCCN(Cc1ccccc1O)c1cc(CC)nc2ncnn12. The zero-order valence-electron chi connectivity index (χ0n) is 13.5. The van der Waals surface area contributed by atoms with E-state index in [1.807, 2.05) is 18.2 Å². The average molecular weight is 311 g/mol. The Labute approximate surface area is 135 Å². The minimum absolute atomic E-state index is 0.313. The van der Waals surface area contributed by atoms with Gasteiger partial charge in [0.1, 0.15) is 17.9 Å². The molecule has 3 aromatic rings. The molecule has 3 rings (SSSR count). The molecular weight excluding hydrogens is 290 g/mol. The van der Waals surface area contributed by atoms with Crippen LogP contribution in [-0.4, -0.2) is 31.2 Å². The number of phenolic OH excluding ortho intramolecular Hbond substituents is 1. The van der Waals surface area contributed by atoms with E-state index in [4.69, 9.17) is 0 Å². The number of aryl methyl sites for hydroxylation is 1. The molecule has 0 fully saturated rings. The van der Waals surface area contributed by atoms with Crippen molar-refractivity contribution in [2.45, 2.75) is 33.2 Å². The van der Waals surface area contributed by atoms with Gasteiger partial charge in [-0.25, -0.2) is 4.98 Å². The summed E-state index contributed by atoms with van der Waals surface area (Å²) in [5.41, 5.74) is 1.88. The summed E-state index contributed by atoms with van der Waals surface area (Å²) in [4.78, 5) is 10.9. The molecule has 0 aliphatic heterocycles. The third kappa shape index (κ3) is 3.11. The number of hydrogen-bond acceptors (Lipinski definition) is 5. The van der Waals surface area contributed by atoms with Crippen molar-refractivity contribution in [1.82, 2.24) is 19.6 Å². The van der Waals surface area contributed by atoms with Crippen LogP contribution in [0, 0.1) is 0 Å². The lowest BCUT2D eigenvalue weighted by atomic mass is 10.2. The Morgan fingerprint density at radius 1 is 1.22 bits per heavy atom. The first-order valence-corrected chi connectivity index (χ1v) is 7.94. The van der Waals surface area contributed by atoms with E-state index in [-0.39, 0.29) is 0 Å². The number of para-hydroxylation sites is 1. The number of rotatable bonds is 6. The van der Waals surface area contributed by atoms with E-state index in [0.29, 0.717) is 18.1 Å². The highest BCUT2D eigenvalue weighted by molar-refractivity contribution is 5.49. The van der Waals surface area contributed by atoms with E-state index in [0.717, 1.165) is 36.5 Å². The molecule has 6 heteroatoms. The van der Waals surface area contributed by atoms with Crippen molar-refractivity contribution in [1.29, 1.82) is 0 Å². The van der Waals surface area contributed by atoms with Crippen LogP contribution in [0.5, 0.6) is 5.75 Å². The van der Waals surface area contributed by atoms with E-state index < -0.39 is 0 Å². The Morgan fingerprint density at radius 2 is 2.04 bits per heavy atom. The van der Waals surface area contributed by atoms with Gasteiger partial charge in [0.25, 0.3) is 5.78 Å². The molecule has 1 aromatic carbocycles. The van der Waals surface area contributed by atoms with Gasteiger partial charge in [-0.3, -0.25) is 0 Å². The smallest absolute Gasteiger partial charge is 0.254 e. The molecule has 120 valence electrons. The molecule has 0 unspecified atom stereocenters. The number of aromatic nitrogens is 4. The van der Waals surface area contributed by atoms with Crippen molar-refractivity contribution < 1.29 is 5.11 Å². The Balaban J connectivity index is 2.04. The summed E-state index contributed by atoms with van der Waals surface area (Å²) in [7, 11) is 0. The highest BCUT2D eigenvalue weighted by atomic mass is 16.3. The van der Waals surface area contributed by atoms with Crippen molar-refractivity contribution in [2.75, 3.05) is 11.4 Å². The number of benzene rings is 1. The van der Waals surface area contributed by atoms with Gasteiger partial charge < -0.3 is 10.0 Å². The Hall–Kier alpha value is -2.63. The summed E-state index contributed by atoms with van der Waals surface area (Å²) in [6, 6.07) is 9.48. The van der Waals surface area contributed by atoms with Gasteiger partial charge in [-0.15, -0.1) is 0 Å². The highest BCUT2D eigenvalue weighted by Gasteiger charge is 2.15. The van der Waals surface area contributed by atoms with Crippen LogP contribution in [0.25, 0.3) is 5.78 Å². The molecule has 0 atom stereocenters. The molecule has 0 amide bonds. The predicted molar refractivity (Wildman–Crippen MR) is 89.6 cm³/mol. The minimum Gasteiger partial charge on any atom is -0.508 e. The molecule has 0 saturated carbocycles. The van der Waals surface area contributed by atoms with Crippen LogP contribution < -0.4 is 4.90 Å². The van der Waals surface area contributed by atoms with Crippen molar-refractivity contribution in [3.05, 3.63) is 47.9 Å². The largest absolute Gasteiger partial charge is 0.508 e. The first-order valence-electron chi connectivity index (χ1n) is 7.94. The van der Waals surface area contributed by atoms with Gasteiger partial charge in [-0.2, -0.15) is 14.6 Å². The molecule has 23 heavy (non-hydrogen) atoms. The standard InChI is InChI=1S/C17H21N5O/c1-3-9-21(11-13-7-5-6-8-15(13)23)16-10-14(4-2)20-17-18-12-19-22(16)17/h5-8,10,12,23H,3-4,9,11H2,1-2H3. The second-order valence-corrected chi connectivity index (χ2v) is 5.48. The second-order valence-electron chi connectivity index (χ2n) is 5.48. The maximum atomic E-state index is 10.1. The molecule has 0 aliphatic carbocycles. The first kappa shape index (κ1) is 15.3. The van der Waals surface area contributed by atoms with Gasteiger partial charge in [-0.05, 0) is 18.9 Å². The Morgan fingerprint density at radius 3 is 2.78 bits per heavy atom. The summed E-state index contributed by atoms with van der Waals surface area (Å²) >= 11 is 0. The first-order chi connectivity index (χ1) is 11.2. The molecule has 0 spiro atoms. The molecule has 2 heterocycles. The molecule has 0 bridgehead atoms. The molecule has 0 saturated heterocycles. The lowest BCUT2D eigenvalue weighted by Crippen LogP contribution is -2.26. The fraction of sp³-hybridized carbons (Fsp3) is 0.353. The van der Waals surface area contributed by atoms with Crippen LogP contribution in [0.2, 0.25) is 0 Å². The van der Waals surface area contributed by atoms with Gasteiger partial charge in [0.2, 0.25) is 0 Å². The van der Waals surface area contributed by atoms with Crippen LogP contribution in [-0.2, 0) is 13.0 Å². The average Bonchev–Trinajstić information content (AvgIpc) is 3.04. The van der Waals surface area contributed by atoms with Crippen LogP contribution in [0.1, 0.15) is 31.5 Å².